The molecule has 12 heteroatoms. The van der Waals surface area contributed by atoms with Crippen molar-refractivity contribution in [1.29, 1.82) is 0 Å². The maximum absolute atomic E-state index is 14.2. The predicted octanol–water partition coefficient (Wildman–Crippen LogP) is 12.8. The maximum atomic E-state index is 14.2. The second-order valence-electron chi connectivity index (χ2n) is 21.1. The van der Waals surface area contributed by atoms with Crippen molar-refractivity contribution in [2.24, 2.45) is 23.7 Å². The van der Waals surface area contributed by atoms with E-state index in [1.54, 1.807) is 0 Å². The zero-order valence-corrected chi connectivity index (χ0v) is 43.1. The van der Waals surface area contributed by atoms with E-state index in [-0.39, 0.29) is 83.6 Å². The maximum Gasteiger partial charge on any atom is 0.251 e. The van der Waals surface area contributed by atoms with E-state index in [1.807, 2.05) is 109 Å². The van der Waals surface area contributed by atoms with Crippen LogP contribution in [0.2, 0.25) is 10.0 Å². The highest BCUT2D eigenvalue weighted by Crippen LogP contribution is 2.54. The molecule has 2 saturated heterocycles. The molecule has 2 saturated carbocycles. The topological polar surface area (TPSA) is 123 Å². The number of para-hydroxylation sites is 2. The summed E-state index contributed by atoms with van der Waals surface area (Å²) in [6, 6.07) is 51.2. The predicted molar refractivity (Wildman–Crippen MR) is 293 cm³/mol. The lowest BCUT2D eigenvalue weighted by Crippen LogP contribution is -2.50. The van der Waals surface area contributed by atoms with Gasteiger partial charge >= 0.3 is 0 Å². The highest BCUT2D eigenvalue weighted by Gasteiger charge is 2.50. The fourth-order valence-corrected chi connectivity index (χ4v) is 13.7. The van der Waals surface area contributed by atoms with Gasteiger partial charge in [-0.1, -0.05) is 146 Å². The molecule has 2 unspecified atom stereocenters. The Labute approximate surface area is 444 Å². The molecule has 12 rings (SSSR count). The van der Waals surface area contributed by atoms with Gasteiger partial charge in [0.15, 0.2) is 0 Å². The Balaban J connectivity index is 0.000000159. The summed E-state index contributed by atoms with van der Waals surface area (Å²) in [6.07, 6.45) is 9.21. The quantitative estimate of drug-likeness (QED) is 0.120. The molecule has 4 N–H and O–H groups in total. The Morgan fingerprint density at radius 1 is 0.446 bits per heavy atom. The Morgan fingerprint density at radius 3 is 1.26 bits per heavy atom. The van der Waals surface area contributed by atoms with Crippen molar-refractivity contribution in [3.63, 3.8) is 0 Å². The van der Waals surface area contributed by atoms with Gasteiger partial charge in [0.2, 0.25) is 11.8 Å². The molecule has 4 fully saturated rings. The summed E-state index contributed by atoms with van der Waals surface area (Å²) in [5, 5.41) is 15.4. The molecule has 6 aliphatic rings. The van der Waals surface area contributed by atoms with Gasteiger partial charge in [-0.25, -0.2) is 0 Å². The molecule has 4 amide bonds. The van der Waals surface area contributed by atoms with E-state index in [1.165, 1.54) is 11.1 Å². The number of anilines is 2. The molecule has 0 radical (unpaired) electrons. The summed E-state index contributed by atoms with van der Waals surface area (Å²) < 4.78 is 0. The minimum atomic E-state index is -0.202. The molecule has 0 aromatic heterocycles. The first-order valence-corrected chi connectivity index (χ1v) is 27.5. The second kappa shape index (κ2) is 22.1. The minimum Gasteiger partial charge on any atom is -0.378 e. The van der Waals surface area contributed by atoms with E-state index in [0.717, 1.165) is 110 Å². The number of nitrogens with one attached hydrogen (secondary N) is 4. The minimum absolute atomic E-state index is 0.00123. The lowest BCUT2D eigenvalue weighted by atomic mass is 9.79. The lowest BCUT2D eigenvalue weighted by molar-refractivity contribution is -0.139. The van der Waals surface area contributed by atoms with Crippen LogP contribution in [0, 0.1) is 23.7 Å². The fourth-order valence-electron chi connectivity index (χ4n) is 13.3. The van der Waals surface area contributed by atoms with Gasteiger partial charge in [0.25, 0.3) is 11.8 Å². The van der Waals surface area contributed by atoms with Crippen molar-refractivity contribution in [2.45, 2.75) is 100 Å². The van der Waals surface area contributed by atoms with Crippen LogP contribution in [0.3, 0.4) is 0 Å². The molecule has 10 atom stereocenters. The molecule has 10 nitrogen and oxygen atoms in total. The summed E-state index contributed by atoms with van der Waals surface area (Å²) >= 11 is 12.7. The first-order chi connectivity index (χ1) is 36.2. The number of rotatable bonds is 8. The number of nitrogens with zero attached hydrogens (tertiary/aromatic N) is 2. The van der Waals surface area contributed by atoms with Crippen LogP contribution in [-0.2, 0) is 9.59 Å². The molecular weight excluding hydrogens is 964 g/mol. The summed E-state index contributed by atoms with van der Waals surface area (Å²) in [7, 11) is 0. The first kappa shape index (κ1) is 49.6. The molecule has 4 aliphatic heterocycles. The van der Waals surface area contributed by atoms with Crippen LogP contribution in [0.15, 0.2) is 158 Å². The SMILES string of the molecule is O=C(NC1CCCC[C@@H]1C(=O)N1CC[C@@H]2[C@H](c3cccc(Cl)c3)Nc3ccccc3[C@@H]21)c1ccccc1.O=C(NC1CCCC[C@@H]1C(=O)N1CC[C@H]2[C@@H](c3cccc(Cl)c3)Nc3ccccc3[C@H]21)c1ccccc1. The van der Waals surface area contributed by atoms with Gasteiger partial charge in [-0.2, -0.15) is 0 Å². The summed E-state index contributed by atoms with van der Waals surface area (Å²) in [5.74, 6) is 0.241. The summed E-state index contributed by atoms with van der Waals surface area (Å²) in [6.45, 7) is 1.44. The van der Waals surface area contributed by atoms with Crippen molar-refractivity contribution in [3.05, 3.63) is 201 Å². The molecule has 380 valence electrons. The lowest BCUT2D eigenvalue weighted by Gasteiger charge is -2.42. The van der Waals surface area contributed by atoms with E-state index in [4.69, 9.17) is 23.2 Å². The highest BCUT2D eigenvalue weighted by atomic mass is 35.5. The van der Waals surface area contributed by atoms with E-state index in [9.17, 15) is 19.2 Å². The Bertz CT molecular complexity index is 2790. The Kier molecular flexibility index (Phi) is 14.8. The summed E-state index contributed by atoms with van der Waals surface area (Å²) in [5.41, 5.74) is 8.08. The third-order valence-electron chi connectivity index (χ3n) is 16.8. The standard InChI is InChI=1S/2C31H32ClN3O2/c2*32-22-12-8-11-21(19-22)28-25-17-18-35(29(25)23-13-4-6-15-26(23)33-28)31(37)24-14-5-7-16-27(24)34-30(36)20-9-2-1-3-10-20/h2*1-4,6,8-13,15,19,24-25,27-29,33H,5,7,14,16-18H2,(H,34,36)/t24-,25+,27?,28-,29-;24-,25-,27?,28+,29+/m00/s1. The number of hydrogen-bond acceptors (Lipinski definition) is 6. The molecule has 4 heterocycles. The number of amides is 4. The van der Waals surface area contributed by atoms with Crippen LogP contribution in [-0.4, -0.2) is 58.6 Å². The van der Waals surface area contributed by atoms with Crippen LogP contribution < -0.4 is 21.3 Å². The van der Waals surface area contributed by atoms with Gasteiger partial charge in [-0.05, 0) is 121 Å². The normalized spacial score (nSPS) is 26.5. The van der Waals surface area contributed by atoms with Gasteiger partial charge in [0, 0.05) is 69.6 Å². The van der Waals surface area contributed by atoms with Gasteiger partial charge in [0.1, 0.15) is 0 Å². The van der Waals surface area contributed by atoms with E-state index in [0.29, 0.717) is 11.1 Å². The van der Waals surface area contributed by atoms with Gasteiger partial charge in [-0.15, -0.1) is 0 Å². The number of benzene rings is 6. The van der Waals surface area contributed by atoms with Crippen LogP contribution >= 0.6 is 23.2 Å². The van der Waals surface area contributed by atoms with Crippen LogP contribution in [0.1, 0.15) is 131 Å². The van der Waals surface area contributed by atoms with Crippen molar-refractivity contribution in [2.75, 3.05) is 23.7 Å². The van der Waals surface area contributed by atoms with Crippen LogP contribution in [0.5, 0.6) is 0 Å². The number of fused-ring (bicyclic) bond motifs is 6. The van der Waals surface area contributed by atoms with Gasteiger partial charge in [-0.3, -0.25) is 19.2 Å². The third kappa shape index (κ3) is 10.2. The van der Waals surface area contributed by atoms with Crippen molar-refractivity contribution in [1.82, 2.24) is 20.4 Å². The van der Waals surface area contributed by atoms with Crippen LogP contribution in [0.4, 0.5) is 11.4 Å². The zero-order chi connectivity index (χ0) is 50.7. The Hall–Kier alpha value is -6.62. The molecule has 6 aromatic rings. The third-order valence-corrected chi connectivity index (χ3v) is 17.2. The second-order valence-corrected chi connectivity index (χ2v) is 21.9. The first-order valence-electron chi connectivity index (χ1n) is 26.7. The van der Waals surface area contributed by atoms with Crippen molar-refractivity contribution >= 4 is 58.2 Å². The van der Waals surface area contributed by atoms with E-state index >= 15 is 0 Å². The molecule has 0 bridgehead atoms. The van der Waals surface area contributed by atoms with Crippen molar-refractivity contribution in [3.8, 4) is 0 Å². The average molecular weight is 1030 g/mol. The number of hydrogen-bond donors (Lipinski definition) is 4. The molecular formula is C62H64Cl2N6O4. The Morgan fingerprint density at radius 2 is 0.838 bits per heavy atom. The zero-order valence-electron chi connectivity index (χ0n) is 41.6. The van der Waals surface area contributed by atoms with Crippen LogP contribution in [0.25, 0.3) is 0 Å². The average Bonchev–Trinajstić information content (AvgIpc) is 4.10. The van der Waals surface area contributed by atoms with E-state index < -0.39 is 0 Å². The highest BCUT2D eigenvalue weighted by molar-refractivity contribution is 6.31. The number of carbonyl (C=O) groups excluding carboxylic acids is 4. The monoisotopic (exact) mass is 1030 g/mol. The number of halogens is 2. The number of likely N-dealkylation sites (tertiary alicyclic amines) is 2. The molecule has 2 aliphatic carbocycles. The fraction of sp³-hybridized carbons (Fsp3) is 0.355. The molecule has 0 spiro atoms. The van der Waals surface area contributed by atoms with Gasteiger partial charge < -0.3 is 31.1 Å². The van der Waals surface area contributed by atoms with Gasteiger partial charge in [0.05, 0.1) is 36.0 Å². The largest absolute Gasteiger partial charge is 0.378 e. The smallest absolute Gasteiger partial charge is 0.251 e. The molecule has 6 aromatic carbocycles. The number of carbonyl (C=O) groups is 4. The molecule has 74 heavy (non-hydrogen) atoms. The summed E-state index contributed by atoms with van der Waals surface area (Å²) in [4.78, 5) is 58.6. The van der Waals surface area contributed by atoms with Crippen molar-refractivity contribution < 1.29 is 19.2 Å². The van der Waals surface area contributed by atoms with E-state index in [2.05, 4.69) is 79.6 Å².